The lowest BCUT2D eigenvalue weighted by Gasteiger charge is -2.31. The number of aromatic nitrogens is 2. The highest BCUT2D eigenvalue weighted by atomic mass is 15.1. The van der Waals surface area contributed by atoms with Crippen LogP contribution < -0.4 is 10.6 Å². The Hall–Kier alpha value is -1.16. The van der Waals surface area contributed by atoms with E-state index in [-0.39, 0.29) is 0 Å². The van der Waals surface area contributed by atoms with Crippen molar-refractivity contribution in [3.05, 3.63) is 18.1 Å². The van der Waals surface area contributed by atoms with Crippen LogP contribution in [0.1, 0.15) is 38.8 Å². The summed E-state index contributed by atoms with van der Waals surface area (Å²) in [6.45, 7) is 5.53. The van der Waals surface area contributed by atoms with Crippen LogP contribution in [0.3, 0.4) is 0 Å². The smallest absolute Gasteiger partial charge is 0.129 e. The Morgan fingerprint density at radius 1 is 1.47 bits per heavy atom. The molecule has 2 unspecified atom stereocenters. The molecular weight excluding hydrogens is 212 g/mol. The van der Waals surface area contributed by atoms with Crippen molar-refractivity contribution in [1.82, 2.24) is 15.3 Å². The molecule has 1 aliphatic rings. The minimum atomic E-state index is 0.480. The maximum absolute atomic E-state index is 4.30. The third-order valence-corrected chi connectivity index (χ3v) is 3.32. The Bertz CT molecular complexity index is 353. The summed E-state index contributed by atoms with van der Waals surface area (Å²) < 4.78 is 0. The summed E-state index contributed by atoms with van der Waals surface area (Å²) in [6.07, 6.45) is 6.25. The topological polar surface area (TPSA) is 49.8 Å². The number of hydrogen-bond donors (Lipinski definition) is 2. The largest absolute Gasteiger partial charge is 0.366 e. The quantitative estimate of drug-likeness (QED) is 0.836. The zero-order valence-electron chi connectivity index (χ0n) is 10.7. The fourth-order valence-corrected chi connectivity index (χ4v) is 2.30. The first kappa shape index (κ1) is 12.3. The second-order valence-electron chi connectivity index (χ2n) is 4.78. The van der Waals surface area contributed by atoms with E-state index in [4.69, 9.17) is 0 Å². The van der Waals surface area contributed by atoms with E-state index in [9.17, 15) is 0 Å². The monoisotopic (exact) mass is 234 g/mol. The molecule has 17 heavy (non-hydrogen) atoms. The summed E-state index contributed by atoms with van der Waals surface area (Å²) in [7, 11) is 0. The molecule has 1 aromatic heterocycles. The van der Waals surface area contributed by atoms with Gasteiger partial charge in [0.15, 0.2) is 0 Å². The van der Waals surface area contributed by atoms with E-state index in [0.29, 0.717) is 12.1 Å². The van der Waals surface area contributed by atoms with Crippen molar-refractivity contribution < 1.29 is 0 Å². The van der Waals surface area contributed by atoms with Crippen molar-refractivity contribution in [3.8, 4) is 0 Å². The lowest BCUT2D eigenvalue weighted by Crippen LogP contribution is -2.46. The zero-order chi connectivity index (χ0) is 12.1. The molecule has 2 rings (SSSR count). The maximum atomic E-state index is 4.30. The average molecular weight is 234 g/mol. The molecular formula is C13H22N4. The predicted molar refractivity (Wildman–Crippen MR) is 70.1 cm³/mol. The van der Waals surface area contributed by atoms with E-state index in [0.717, 1.165) is 30.9 Å². The second kappa shape index (κ2) is 5.96. The normalized spacial score (nSPS) is 24.6. The molecule has 0 aromatic carbocycles. The Labute approximate surface area is 103 Å². The highest BCUT2D eigenvalue weighted by Gasteiger charge is 2.20. The molecule has 2 N–H and O–H groups in total. The number of piperidine rings is 1. The Morgan fingerprint density at radius 2 is 2.35 bits per heavy atom. The van der Waals surface area contributed by atoms with Crippen molar-refractivity contribution in [2.45, 2.75) is 51.6 Å². The van der Waals surface area contributed by atoms with Gasteiger partial charge in [-0.15, -0.1) is 0 Å². The van der Waals surface area contributed by atoms with Crippen LogP contribution in [-0.2, 0) is 6.42 Å². The molecule has 2 heterocycles. The predicted octanol–water partition coefficient (Wildman–Crippen LogP) is 1.98. The molecule has 94 valence electrons. The molecule has 0 saturated carbocycles. The van der Waals surface area contributed by atoms with Crippen molar-refractivity contribution in [2.24, 2.45) is 0 Å². The van der Waals surface area contributed by atoms with Gasteiger partial charge in [-0.3, -0.25) is 0 Å². The van der Waals surface area contributed by atoms with Gasteiger partial charge >= 0.3 is 0 Å². The number of nitrogens with zero attached hydrogens (tertiary/aromatic N) is 2. The molecule has 0 spiro atoms. The third-order valence-electron chi connectivity index (χ3n) is 3.32. The maximum Gasteiger partial charge on any atom is 0.129 e. The first-order valence-corrected chi connectivity index (χ1v) is 6.60. The van der Waals surface area contributed by atoms with Crippen molar-refractivity contribution in [1.29, 1.82) is 0 Å². The first-order chi connectivity index (χ1) is 8.29. The van der Waals surface area contributed by atoms with Crippen LogP contribution in [0.15, 0.2) is 12.4 Å². The molecule has 0 amide bonds. The second-order valence-corrected chi connectivity index (χ2v) is 4.78. The van der Waals surface area contributed by atoms with Crippen LogP contribution in [-0.4, -0.2) is 28.6 Å². The standard InChI is InChI=1S/C13H22N4/c1-3-5-11-8-13(16-9-15-11)17-12-6-4-7-14-10(12)2/h8-10,12,14H,3-7H2,1-2H3,(H,15,16,17). The van der Waals surface area contributed by atoms with Crippen LogP contribution in [0.25, 0.3) is 0 Å². The minimum Gasteiger partial charge on any atom is -0.366 e. The Morgan fingerprint density at radius 3 is 3.12 bits per heavy atom. The van der Waals surface area contributed by atoms with Crippen molar-refractivity contribution in [3.63, 3.8) is 0 Å². The fourth-order valence-electron chi connectivity index (χ4n) is 2.30. The molecule has 0 radical (unpaired) electrons. The van der Waals surface area contributed by atoms with E-state index >= 15 is 0 Å². The molecule has 1 fully saturated rings. The summed E-state index contributed by atoms with van der Waals surface area (Å²) in [6, 6.07) is 3.06. The van der Waals surface area contributed by atoms with Crippen LogP contribution in [0.4, 0.5) is 5.82 Å². The van der Waals surface area contributed by atoms with Gasteiger partial charge in [0.05, 0.1) is 0 Å². The molecule has 0 aliphatic carbocycles. The number of rotatable bonds is 4. The fraction of sp³-hybridized carbons (Fsp3) is 0.692. The number of aryl methyl sites for hydroxylation is 1. The zero-order valence-corrected chi connectivity index (χ0v) is 10.7. The van der Waals surface area contributed by atoms with Crippen molar-refractivity contribution >= 4 is 5.82 Å². The SMILES string of the molecule is CCCc1cc(NC2CCCNC2C)ncn1. The van der Waals surface area contributed by atoms with Gasteiger partial charge in [-0.05, 0) is 32.7 Å². The summed E-state index contributed by atoms with van der Waals surface area (Å²) in [5, 5.41) is 7.00. The highest BCUT2D eigenvalue weighted by molar-refractivity contribution is 5.36. The number of hydrogen-bond acceptors (Lipinski definition) is 4. The third kappa shape index (κ3) is 3.40. The van der Waals surface area contributed by atoms with Gasteiger partial charge in [-0.1, -0.05) is 13.3 Å². The van der Waals surface area contributed by atoms with Crippen molar-refractivity contribution in [2.75, 3.05) is 11.9 Å². The van der Waals surface area contributed by atoms with Gasteiger partial charge in [0.1, 0.15) is 12.1 Å². The molecule has 1 aromatic rings. The summed E-state index contributed by atoms with van der Waals surface area (Å²) in [5.74, 6) is 0.962. The lowest BCUT2D eigenvalue weighted by molar-refractivity contribution is 0.388. The van der Waals surface area contributed by atoms with Gasteiger partial charge < -0.3 is 10.6 Å². The molecule has 1 aliphatic heterocycles. The van der Waals surface area contributed by atoms with Gasteiger partial charge in [0.25, 0.3) is 0 Å². The molecule has 4 heteroatoms. The first-order valence-electron chi connectivity index (χ1n) is 6.60. The van der Waals surface area contributed by atoms with Crippen LogP contribution in [0, 0.1) is 0 Å². The molecule has 4 nitrogen and oxygen atoms in total. The molecule has 1 saturated heterocycles. The van der Waals surface area contributed by atoms with Gasteiger partial charge in [-0.25, -0.2) is 9.97 Å². The van der Waals surface area contributed by atoms with E-state index in [2.05, 4.69) is 40.5 Å². The van der Waals surface area contributed by atoms with Gasteiger partial charge in [0, 0.05) is 23.8 Å². The molecule has 0 bridgehead atoms. The van der Waals surface area contributed by atoms with E-state index in [1.54, 1.807) is 6.33 Å². The van der Waals surface area contributed by atoms with Crippen LogP contribution in [0.5, 0.6) is 0 Å². The Kier molecular flexibility index (Phi) is 4.31. The van der Waals surface area contributed by atoms with E-state index in [1.807, 2.05) is 0 Å². The highest BCUT2D eigenvalue weighted by Crippen LogP contribution is 2.14. The summed E-state index contributed by atoms with van der Waals surface area (Å²) >= 11 is 0. The van der Waals surface area contributed by atoms with E-state index < -0.39 is 0 Å². The number of anilines is 1. The van der Waals surface area contributed by atoms with Crippen LogP contribution >= 0.6 is 0 Å². The van der Waals surface area contributed by atoms with Crippen LogP contribution in [0.2, 0.25) is 0 Å². The minimum absolute atomic E-state index is 0.480. The average Bonchev–Trinajstić information content (AvgIpc) is 2.33. The van der Waals surface area contributed by atoms with E-state index in [1.165, 1.54) is 12.8 Å². The van der Waals surface area contributed by atoms with Gasteiger partial charge in [-0.2, -0.15) is 0 Å². The van der Waals surface area contributed by atoms with Gasteiger partial charge in [0.2, 0.25) is 0 Å². The summed E-state index contributed by atoms with van der Waals surface area (Å²) in [4.78, 5) is 8.57. The number of nitrogens with one attached hydrogen (secondary N) is 2. The Balaban J connectivity index is 1.99. The summed E-state index contributed by atoms with van der Waals surface area (Å²) in [5.41, 5.74) is 1.13. The lowest BCUT2D eigenvalue weighted by atomic mass is 10.00. The molecule has 2 atom stereocenters.